The van der Waals surface area contributed by atoms with Gasteiger partial charge in [-0.3, -0.25) is 0 Å². The van der Waals surface area contributed by atoms with Gasteiger partial charge in [0.15, 0.2) is 0 Å². The van der Waals surface area contributed by atoms with Crippen molar-refractivity contribution in [3.8, 4) is 0 Å². The van der Waals surface area contributed by atoms with Crippen LogP contribution in [0.15, 0.2) is 5.38 Å². The smallest absolute Gasteiger partial charge is 0.0898 e. The standard InChI is InChI=1S/C13H22N2S2/c1-4-16-13-7-5-6-11(13)14-9(2)12-8-17-10(3)15-12/h8-9,11,13-14H,4-7H2,1-3H3. The molecular weight excluding hydrogens is 248 g/mol. The molecule has 1 heterocycles. The van der Waals surface area contributed by atoms with Gasteiger partial charge in [0.25, 0.3) is 0 Å². The SMILES string of the molecule is CCSC1CCCC1NC(C)c1csc(C)n1. The van der Waals surface area contributed by atoms with Crippen LogP contribution in [-0.4, -0.2) is 22.0 Å². The predicted octanol–water partition coefficient (Wildman–Crippen LogP) is 3.78. The number of rotatable bonds is 5. The van der Waals surface area contributed by atoms with E-state index in [1.165, 1.54) is 35.7 Å². The Morgan fingerprint density at radius 2 is 2.41 bits per heavy atom. The average molecular weight is 270 g/mol. The maximum Gasteiger partial charge on any atom is 0.0898 e. The van der Waals surface area contributed by atoms with E-state index in [0.717, 1.165) is 5.25 Å². The second kappa shape index (κ2) is 6.21. The molecule has 1 N–H and O–H groups in total. The fourth-order valence-electron chi connectivity index (χ4n) is 2.52. The summed E-state index contributed by atoms with van der Waals surface area (Å²) in [5, 5.41) is 7.92. The quantitative estimate of drug-likeness (QED) is 0.881. The molecule has 1 aliphatic rings. The van der Waals surface area contributed by atoms with Crippen LogP contribution in [0.3, 0.4) is 0 Å². The molecule has 1 aliphatic carbocycles. The van der Waals surface area contributed by atoms with Gasteiger partial charge in [-0.05, 0) is 32.4 Å². The van der Waals surface area contributed by atoms with E-state index in [1.807, 2.05) is 0 Å². The lowest BCUT2D eigenvalue weighted by Crippen LogP contribution is -2.36. The first-order chi connectivity index (χ1) is 8.20. The first-order valence-corrected chi connectivity index (χ1v) is 8.43. The molecule has 17 heavy (non-hydrogen) atoms. The van der Waals surface area contributed by atoms with Gasteiger partial charge in [-0.2, -0.15) is 11.8 Å². The highest BCUT2D eigenvalue weighted by atomic mass is 32.2. The van der Waals surface area contributed by atoms with Crippen LogP contribution in [0, 0.1) is 6.92 Å². The number of hydrogen-bond donors (Lipinski definition) is 1. The summed E-state index contributed by atoms with van der Waals surface area (Å²) >= 11 is 3.85. The second-order valence-corrected chi connectivity index (χ2v) is 7.29. The van der Waals surface area contributed by atoms with Gasteiger partial charge in [0.1, 0.15) is 0 Å². The summed E-state index contributed by atoms with van der Waals surface area (Å²) in [5.41, 5.74) is 1.21. The number of nitrogens with zero attached hydrogens (tertiary/aromatic N) is 1. The third-order valence-corrected chi connectivity index (χ3v) is 5.50. The van der Waals surface area contributed by atoms with E-state index >= 15 is 0 Å². The van der Waals surface area contributed by atoms with E-state index in [9.17, 15) is 0 Å². The van der Waals surface area contributed by atoms with Gasteiger partial charge >= 0.3 is 0 Å². The van der Waals surface area contributed by atoms with Gasteiger partial charge < -0.3 is 5.32 Å². The third-order valence-electron chi connectivity index (χ3n) is 3.38. The lowest BCUT2D eigenvalue weighted by Gasteiger charge is -2.23. The van der Waals surface area contributed by atoms with E-state index in [2.05, 4.69) is 48.2 Å². The number of nitrogens with one attached hydrogen (secondary N) is 1. The molecule has 3 atom stereocenters. The molecule has 2 rings (SSSR count). The van der Waals surface area contributed by atoms with Crippen molar-refractivity contribution in [2.45, 2.75) is 57.4 Å². The number of thioether (sulfide) groups is 1. The Bertz CT molecular complexity index is 351. The predicted molar refractivity (Wildman–Crippen MR) is 78.0 cm³/mol. The van der Waals surface area contributed by atoms with E-state index in [-0.39, 0.29) is 0 Å². The maximum absolute atomic E-state index is 4.57. The number of aromatic nitrogens is 1. The lowest BCUT2D eigenvalue weighted by atomic mass is 10.2. The minimum atomic E-state index is 0.392. The van der Waals surface area contributed by atoms with Crippen LogP contribution in [0.2, 0.25) is 0 Å². The molecule has 0 saturated heterocycles. The Balaban J connectivity index is 1.91. The Hall–Kier alpha value is -0.0600. The average Bonchev–Trinajstić information content (AvgIpc) is 2.89. The number of thiazole rings is 1. The molecule has 0 spiro atoms. The fourth-order valence-corrected chi connectivity index (χ4v) is 4.43. The van der Waals surface area contributed by atoms with Gasteiger partial charge in [-0.25, -0.2) is 4.98 Å². The Labute approximate surface area is 113 Å². The highest BCUT2D eigenvalue weighted by molar-refractivity contribution is 7.99. The highest BCUT2D eigenvalue weighted by Gasteiger charge is 2.28. The third kappa shape index (κ3) is 3.46. The molecule has 0 radical (unpaired) electrons. The van der Waals surface area contributed by atoms with Gasteiger partial charge in [0.05, 0.1) is 10.7 Å². The van der Waals surface area contributed by atoms with Crippen LogP contribution in [0.4, 0.5) is 0 Å². The highest BCUT2D eigenvalue weighted by Crippen LogP contribution is 2.31. The second-order valence-electron chi connectivity index (χ2n) is 4.71. The molecule has 1 saturated carbocycles. The number of hydrogen-bond acceptors (Lipinski definition) is 4. The van der Waals surface area contributed by atoms with Crippen LogP contribution in [-0.2, 0) is 0 Å². The molecule has 0 aromatic carbocycles. The van der Waals surface area contributed by atoms with Crippen LogP contribution >= 0.6 is 23.1 Å². The molecule has 1 fully saturated rings. The summed E-state index contributed by atoms with van der Waals surface area (Å²) in [6.07, 6.45) is 4.07. The van der Waals surface area contributed by atoms with Crippen LogP contribution in [0.1, 0.15) is 49.9 Å². The van der Waals surface area contributed by atoms with Crippen molar-refractivity contribution in [1.82, 2.24) is 10.3 Å². The first-order valence-electron chi connectivity index (χ1n) is 6.50. The molecule has 0 aliphatic heterocycles. The van der Waals surface area contributed by atoms with Crippen molar-refractivity contribution < 1.29 is 0 Å². The molecule has 3 unspecified atom stereocenters. The van der Waals surface area contributed by atoms with Crippen molar-refractivity contribution in [3.63, 3.8) is 0 Å². The number of aryl methyl sites for hydroxylation is 1. The fraction of sp³-hybridized carbons (Fsp3) is 0.769. The van der Waals surface area contributed by atoms with Crippen LogP contribution in [0.25, 0.3) is 0 Å². The van der Waals surface area contributed by atoms with Gasteiger partial charge in [0, 0.05) is 22.7 Å². The first kappa shape index (κ1) is 13.4. The van der Waals surface area contributed by atoms with Gasteiger partial charge in [-0.1, -0.05) is 13.3 Å². The lowest BCUT2D eigenvalue weighted by molar-refractivity contribution is 0.461. The maximum atomic E-state index is 4.57. The minimum Gasteiger partial charge on any atom is -0.305 e. The summed E-state index contributed by atoms with van der Waals surface area (Å²) in [6, 6.07) is 1.07. The zero-order chi connectivity index (χ0) is 12.3. The van der Waals surface area contributed by atoms with Crippen molar-refractivity contribution in [2.24, 2.45) is 0 Å². The van der Waals surface area contributed by atoms with Crippen molar-refractivity contribution in [2.75, 3.05) is 5.75 Å². The summed E-state index contributed by atoms with van der Waals surface area (Å²) < 4.78 is 0. The zero-order valence-corrected chi connectivity index (χ0v) is 12.5. The van der Waals surface area contributed by atoms with E-state index in [0.29, 0.717) is 12.1 Å². The van der Waals surface area contributed by atoms with E-state index in [1.54, 1.807) is 11.3 Å². The molecule has 1 aromatic heterocycles. The summed E-state index contributed by atoms with van der Waals surface area (Å²) in [7, 11) is 0. The topological polar surface area (TPSA) is 24.9 Å². The Kier molecular flexibility index (Phi) is 4.88. The van der Waals surface area contributed by atoms with Gasteiger partial charge in [-0.15, -0.1) is 11.3 Å². The van der Waals surface area contributed by atoms with Crippen LogP contribution in [0.5, 0.6) is 0 Å². The summed E-state index contributed by atoms with van der Waals surface area (Å²) in [5.74, 6) is 1.23. The molecule has 96 valence electrons. The van der Waals surface area contributed by atoms with E-state index in [4.69, 9.17) is 0 Å². The van der Waals surface area contributed by atoms with Crippen molar-refractivity contribution >= 4 is 23.1 Å². The van der Waals surface area contributed by atoms with Gasteiger partial charge in [0.2, 0.25) is 0 Å². The normalized spacial score (nSPS) is 26.3. The van der Waals surface area contributed by atoms with Crippen molar-refractivity contribution in [1.29, 1.82) is 0 Å². The molecule has 1 aromatic rings. The largest absolute Gasteiger partial charge is 0.305 e. The zero-order valence-electron chi connectivity index (χ0n) is 10.9. The Morgan fingerprint density at radius 3 is 3.06 bits per heavy atom. The molecule has 2 nitrogen and oxygen atoms in total. The Morgan fingerprint density at radius 1 is 1.59 bits per heavy atom. The van der Waals surface area contributed by atoms with E-state index < -0.39 is 0 Å². The molecule has 4 heteroatoms. The summed E-state index contributed by atoms with van der Waals surface area (Å²) in [6.45, 7) is 6.57. The monoisotopic (exact) mass is 270 g/mol. The minimum absolute atomic E-state index is 0.392. The molecule has 0 amide bonds. The van der Waals surface area contributed by atoms with Crippen molar-refractivity contribution in [3.05, 3.63) is 16.1 Å². The summed E-state index contributed by atoms with van der Waals surface area (Å²) in [4.78, 5) is 4.57. The molecule has 0 bridgehead atoms. The van der Waals surface area contributed by atoms with Crippen LogP contribution < -0.4 is 5.32 Å². The molecular formula is C13H22N2S2.